The van der Waals surface area contributed by atoms with Gasteiger partial charge in [0.25, 0.3) is 0 Å². The van der Waals surface area contributed by atoms with Crippen molar-refractivity contribution in [2.75, 3.05) is 27.9 Å². The maximum atomic E-state index is 11.6. The van der Waals surface area contributed by atoms with E-state index in [4.69, 9.17) is 14.6 Å². The summed E-state index contributed by atoms with van der Waals surface area (Å²) in [6.07, 6.45) is 0.142. The number of hydrogen-bond donors (Lipinski definition) is 1. The highest BCUT2D eigenvalue weighted by Crippen LogP contribution is 2.30. The van der Waals surface area contributed by atoms with Crippen LogP contribution in [-0.2, 0) is 11.3 Å². The number of aliphatic hydroxyl groups is 1. The normalized spacial score (nSPS) is 10.2. The fourth-order valence-corrected chi connectivity index (χ4v) is 1.82. The van der Waals surface area contributed by atoms with Gasteiger partial charge in [-0.25, -0.2) is 0 Å². The summed E-state index contributed by atoms with van der Waals surface area (Å²) < 4.78 is 10.5. The summed E-state index contributed by atoms with van der Waals surface area (Å²) in [5.41, 5.74) is 2.02. The first-order chi connectivity index (χ1) is 9.03. The van der Waals surface area contributed by atoms with E-state index in [-0.39, 0.29) is 18.9 Å². The fourth-order valence-electron chi connectivity index (χ4n) is 1.82. The lowest BCUT2D eigenvalue weighted by atomic mass is 10.1. The van der Waals surface area contributed by atoms with Crippen molar-refractivity contribution in [3.05, 3.63) is 23.3 Å². The molecule has 1 aromatic rings. The average Bonchev–Trinajstić information content (AvgIpc) is 2.40. The van der Waals surface area contributed by atoms with E-state index in [1.807, 2.05) is 19.1 Å². The highest BCUT2D eigenvalue weighted by Gasteiger charge is 2.13. The van der Waals surface area contributed by atoms with Gasteiger partial charge in [0, 0.05) is 20.0 Å². The number of carbonyl (C=O) groups is 1. The smallest absolute Gasteiger partial charge is 0.224 e. The maximum Gasteiger partial charge on any atom is 0.224 e. The topological polar surface area (TPSA) is 59.0 Å². The molecule has 1 amide bonds. The highest BCUT2D eigenvalue weighted by molar-refractivity contribution is 5.76. The minimum absolute atomic E-state index is 0.0864. The number of carbonyl (C=O) groups excluding carboxylic acids is 1. The summed E-state index contributed by atoms with van der Waals surface area (Å²) >= 11 is 0. The van der Waals surface area contributed by atoms with Crippen LogP contribution in [0.1, 0.15) is 17.5 Å². The van der Waals surface area contributed by atoms with E-state index in [1.54, 1.807) is 26.2 Å². The third-order valence-corrected chi connectivity index (χ3v) is 3.00. The molecule has 0 saturated heterocycles. The van der Waals surface area contributed by atoms with Gasteiger partial charge in [-0.05, 0) is 30.2 Å². The Kier molecular flexibility index (Phi) is 5.63. The van der Waals surface area contributed by atoms with Crippen LogP contribution >= 0.6 is 0 Å². The number of amides is 1. The summed E-state index contributed by atoms with van der Waals surface area (Å²) in [6, 6.07) is 3.76. The lowest BCUT2D eigenvalue weighted by Gasteiger charge is -2.19. The summed E-state index contributed by atoms with van der Waals surface area (Å²) in [4.78, 5) is 13.2. The Hall–Kier alpha value is -1.75. The Morgan fingerprint density at radius 2 is 1.84 bits per heavy atom. The molecule has 0 unspecified atom stereocenters. The van der Waals surface area contributed by atoms with E-state index in [9.17, 15) is 4.79 Å². The van der Waals surface area contributed by atoms with Gasteiger partial charge in [0.15, 0.2) is 11.5 Å². The van der Waals surface area contributed by atoms with Gasteiger partial charge in [0.05, 0.1) is 20.8 Å². The number of hydrogen-bond acceptors (Lipinski definition) is 4. The van der Waals surface area contributed by atoms with Gasteiger partial charge in [0.2, 0.25) is 5.91 Å². The van der Waals surface area contributed by atoms with Gasteiger partial charge in [-0.3, -0.25) is 4.79 Å². The van der Waals surface area contributed by atoms with Crippen molar-refractivity contribution in [2.45, 2.75) is 19.9 Å². The Morgan fingerprint density at radius 3 is 2.37 bits per heavy atom. The van der Waals surface area contributed by atoms with Crippen molar-refractivity contribution in [1.29, 1.82) is 0 Å². The van der Waals surface area contributed by atoms with E-state index in [1.165, 1.54) is 0 Å². The number of ether oxygens (including phenoxy) is 2. The molecule has 0 radical (unpaired) electrons. The minimum atomic E-state index is -0.131. The van der Waals surface area contributed by atoms with Crippen molar-refractivity contribution in [1.82, 2.24) is 4.90 Å². The molecule has 5 nitrogen and oxygen atoms in total. The zero-order valence-corrected chi connectivity index (χ0v) is 11.9. The Labute approximate surface area is 113 Å². The fraction of sp³-hybridized carbons (Fsp3) is 0.500. The summed E-state index contributed by atoms with van der Waals surface area (Å²) in [7, 11) is 4.89. The zero-order valence-electron chi connectivity index (χ0n) is 11.9. The maximum absolute atomic E-state index is 11.6. The molecule has 5 heteroatoms. The third kappa shape index (κ3) is 3.86. The lowest BCUT2D eigenvalue weighted by molar-refractivity contribution is -0.131. The molecule has 1 rings (SSSR count). The van der Waals surface area contributed by atoms with Crippen LogP contribution in [0.3, 0.4) is 0 Å². The second kappa shape index (κ2) is 6.99. The summed E-state index contributed by atoms with van der Waals surface area (Å²) in [6.45, 7) is 2.31. The lowest BCUT2D eigenvalue weighted by Crippen LogP contribution is -2.27. The van der Waals surface area contributed by atoms with Gasteiger partial charge in [-0.1, -0.05) is 0 Å². The molecule has 0 spiro atoms. The van der Waals surface area contributed by atoms with Crippen molar-refractivity contribution >= 4 is 5.91 Å². The second-order valence-electron chi connectivity index (χ2n) is 4.36. The second-order valence-corrected chi connectivity index (χ2v) is 4.36. The number of aliphatic hydroxyl groups excluding tert-OH is 1. The standard InChI is InChI=1S/C14H21NO4/c1-10-7-12(18-3)13(19-4)8-11(10)9-15(2)14(17)5-6-16/h7-8,16H,5-6,9H2,1-4H3. The molecule has 1 N–H and O–H groups in total. The van der Waals surface area contributed by atoms with E-state index in [0.29, 0.717) is 18.0 Å². The van der Waals surface area contributed by atoms with Crippen molar-refractivity contribution in [2.24, 2.45) is 0 Å². The van der Waals surface area contributed by atoms with Gasteiger partial charge >= 0.3 is 0 Å². The van der Waals surface area contributed by atoms with Gasteiger partial charge in [0.1, 0.15) is 0 Å². The zero-order chi connectivity index (χ0) is 14.4. The predicted molar refractivity (Wildman–Crippen MR) is 72.5 cm³/mol. The Bertz CT molecular complexity index is 445. The van der Waals surface area contributed by atoms with Crippen LogP contribution in [0.2, 0.25) is 0 Å². The van der Waals surface area contributed by atoms with Gasteiger partial charge in [-0.2, -0.15) is 0 Å². The molecule has 0 atom stereocenters. The molecule has 19 heavy (non-hydrogen) atoms. The molecule has 1 aromatic carbocycles. The predicted octanol–water partition coefficient (Wildman–Crippen LogP) is 1.35. The van der Waals surface area contributed by atoms with Crippen LogP contribution in [0.15, 0.2) is 12.1 Å². The molecule has 0 aromatic heterocycles. The van der Waals surface area contributed by atoms with Crippen molar-refractivity contribution in [3.63, 3.8) is 0 Å². The molecule has 0 fully saturated rings. The number of benzene rings is 1. The molecule has 0 bridgehead atoms. The molecule has 106 valence electrons. The van der Waals surface area contributed by atoms with Crippen LogP contribution in [-0.4, -0.2) is 43.8 Å². The van der Waals surface area contributed by atoms with Crippen LogP contribution in [0.25, 0.3) is 0 Å². The van der Waals surface area contributed by atoms with E-state index in [0.717, 1.165) is 11.1 Å². The molecule has 0 aliphatic rings. The number of rotatable bonds is 6. The largest absolute Gasteiger partial charge is 0.493 e. The van der Waals surface area contributed by atoms with E-state index >= 15 is 0 Å². The van der Waals surface area contributed by atoms with Crippen LogP contribution in [0.4, 0.5) is 0 Å². The van der Waals surface area contributed by atoms with E-state index < -0.39 is 0 Å². The molecule has 0 saturated carbocycles. The molecule has 0 aliphatic carbocycles. The Morgan fingerprint density at radius 1 is 1.26 bits per heavy atom. The first-order valence-electron chi connectivity index (χ1n) is 6.09. The van der Waals surface area contributed by atoms with Gasteiger partial charge in [-0.15, -0.1) is 0 Å². The third-order valence-electron chi connectivity index (χ3n) is 3.00. The monoisotopic (exact) mass is 267 g/mol. The molecular formula is C14H21NO4. The molecular weight excluding hydrogens is 246 g/mol. The number of aryl methyl sites for hydroxylation is 1. The van der Waals surface area contributed by atoms with Crippen LogP contribution in [0.5, 0.6) is 11.5 Å². The van der Waals surface area contributed by atoms with Gasteiger partial charge < -0.3 is 19.5 Å². The summed E-state index contributed by atoms with van der Waals surface area (Å²) in [5.74, 6) is 1.23. The first-order valence-corrected chi connectivity index (χ1v) is 6.09. The Balaban J connectivity index is 2.92. The van der Waals surface area contributed by atoms with Crippen LogP contribution in [0, 0.1) is 6.92 Å². The minimum Gasteiger partial charge on any atom is -0.493 e. The quantitative estimate of drug-likeness (QED) is 0.845. The number of nitrogens with zero attached hydrogens (tertiary/aromatic N) is 1. The molecule has 0 aliphatic heterocycles. The summed E-state index contributed by atoms with van der Waals surface area (Å²) in [5, 5.41) is 8.77. The van der Waals surface area contributed by atoms with Crippen molar-refractivity contribution in [3.8, 4) is 11.5 Å². The number of methoxy groups -OCH3 is 2. The SMILES string of the molecule is COc1cc(C)c(CN(C)C(=O)CCO)cc1OC. The first kappa shape index (κ1) is 15.3. The molecule has 0 heterocycles. The van der Waals surface area contributed by atoms with Crippen LogP contribution < -0.4 is 9.47 Å². The van der Waals surface area contributed by atoms with E-state index in [2.05, 4.69) is 0 Å². The highest BCUT2D eigenvalue weighted by atomic mass is 16.5. The van der Waals surface area contributed by atoms with Crippen molar-refractivity contribution < 1.29 is 19.4 Å². The average molecular weight is 267 g/mol.